The van der Waals surface area contributed by atoms with Gasteiger partial charge in [0.15, 0.2) is 10.9 Å². The Kier molecular flexibility index (Phi) is 13.4. The number of nitrogens with zero attached hydrogens (tertiary/aromatic N) is 4. The SMILES string of the molecule is Cc1cccc(NC(=O)CNCCCCNC(=O)c2ccc(N3C(=S)N(c4ccc(C#N)c(C(F)(F)F)c4F)C(=O)C3(C)C)cc2)c1C(=O)N(C=O)C1CCC(=O)NC1=O. The zero-order chi connectivity index (χ0) is 44.1. The summed E-state index contributed by atoms with van der Waals surface area (Å²) in [7, 11) is 0. The number of alkyl halides is 3. The zero-order valence-electron chi connectivity index (χ0n) is 32.4. The highest BCUT2D eigenvalue weighted by Crippen LogP contribution is 2.42. The quantitative estimate of drug-likeness (QED) is 0.0599. The molecule has 2 saturated heterocycles. The Bertz CT molecular complexity index is 2310. The number of hydrogen-bond donors (Lipinski definition) is 4. The first kappa shape index (κ1) is 44.5. The van der Waals surface area contributed by atoms with Crippen LogP contribution in [-0.4, -0.2) is 83.1 Å². The van der Waals surface area contributed by atoms with Gasteiger partial charge in [-0.2, -0.15) is 18.4 Å². The smallest absolute Gasteiger partial charge is 0.352 e. The molecule has 0 saturated carbocycles. The van der Waals surface area contributed by atoms with E-state index in [2.05, 4.69) is 21.3 Å². The number of thiocarbonyl (C=S) groups is 1. The molecule has 0 bridgehead atoms. The molecule has 60 heavy (non-hydrogen) atoms. The third-order valence-corrected chi connectivity index (χ3v) is 10.2. The van der Waals surface area contributed by atoms with Crippen molar-refractivity contribution in [3.05, 3.63) is 88.2 Å². The molecule has 1 unspecified atom stereocenters. The van der Waals surface area contributed by atoms with Gasteiger partial charge in [0.2, 0.25) is 24.1 Å². The fourth-order valence-corrected chi connectivity index (χ4v) is 7.30. The van der Waals surface area contributed by atoms with Gasteiger partial charge in [-0.1, -0.05) is 12.1 Å². The number of hydrogen-bond acceptors (Lipinski definition) is 10. The number of aryl methyl sites for hydroxylation is 1. The van der Waals surface area contributed by atoms with Crippen molar-refractivity contribution in [2.75, 3.05) is 34.8 Å². The number of piperidine rings is 1. The van der Waals surface area contributed by atoms with Crippen molar-refractivity contribution in [2.24, 2.45) is 0 Å². The topological polar surface area (TPSA) is 201 Å². The predicted molar refractivity (Wildman–Crippen MR) is 212 cm³/mol. The van der Waals surface area contributed by atoms with Gasteiger partial charge >= 0.3 is 6.18 Å². The van der Waals surface area contributed by atoms with Crippen LogP contribution in [0.15, 0.2) is 54.6 Å². The molecular weight excluding hydrogens is 813 g/mol. The molecule has 0 aliphatic carbocycles. The second-order valence-corrected chi connectivity index (χ2v) is 14.6. The van der Waals surface area contributed by atoms with Gasteiger partial charge in [0.1, 0.15) is 17.1 Å². The van der Waals surface area contributed by atoms with E-state index >= 15 is 4.39 Å². The lowest BCUT2D eigenvalue weighted by Gasteiger charge is -2.29. The van der Waals surface area contributed by atoms with E-state index in [1.54, 1.807) is 19.1 Å². The first-order valence-electron chi connectivity index (χ1n) is 18.4. The van der Waals surface area contributed by atoms with Gasteiger partial charge in [-0.3, -0.25) is 48.7 Å². The van der Waals surface area contributed by atoms with Crippen molar-refractivity contribution in [3.63, 3.8) is 0 Å². The molecule has 7 amide bonds. The van der Waals surface area contributed by atoms with E-state index in [0.29, 0.717) is 40.4 Å². The molecule has 20 heteroatoms. The summed E-state index contributed by atoms with van der Waals surface area (Å²) < 4.78 is 56.4. The molecule has 3 aromatic rings. The van der Waals surface area contributed by atoms with E-state index in [0.717, 1.165) is 12.1 Å². The van der Waals surface area contributed by atoms with Gasteiger partial charge in [-0.05, 0) is 107 Å². The van der Waals surface area contributed by atoms with E-state index in [4.69, 9.17) is 17.5 Å². The number of nitrogens with one attached hydrogen (secondary N) is 4. The number of carbonyl (C=O) groups excluding carboxylic acids is 7. The van der Waals surface area contributed by atoms with Crippen LogP contribution in [0.3, 0.4) is 0 Å². The molecule has 2 heterocycles. The van der Waals surface area contributed by atoms with Crippen molar-refractivity contribution in [1.82, 2.24) is 20.9 Å². The van der Waals surface area contributed by atoms with Crippen LogP contribution in [0, 0.1) is 24.1 Å². The van der Waals surface area contributed by atoms with Crippen molar-refractivity contribution in [1.29, 1.82) is 5.26 Å². The first-order chi connectivity index (χ1) is 28.3. The number of anilines is 3. The van der Waals surface area contributed by atoms with Gasteiger partial charge in [0, 0.05) is 24.2 Å². The fourth-order valence-electron chi connectivity index (χ4n) is 6.78. The number of unbranched alkanes of at least 4 members (excludes halogenated alkanes) is 1. The molecule has 1 atom stereocenters. The summed E-state index contributed by atoms with van der Waals surface area (Å²) in [5, 5.41) is 19.3. The van der Waals surface area contributed by atoms with Gasteiger partial charge in [0.25, 0.3) is 17.7 Å². The molecule has 0 radical (unpaired) electrons. The maximum Gasteiger partial charge on any atom is 0.420 e. The van der Waals surface area contributed by atoms with Crippen LogP contribution in [0.2, 0.25) is 0 Å². The van der Waals surface area contributed by atoms with Crippen LogP contribution in [-0.2, 0) is 30.1 Å². The first-order valence-corrected chi connectivity index (χ1v) is 18.8. The van der Waals surface area contributed by atoms with Crippen LogP contribution in [0.4, 0.5) is 34.6 Å². The molecular formula is C40H38F4N8O7S. The summed E-state index contributed by atoms with van der Waals surface area (Å²) in [6.07, 6.45) is -4.00. The van der Waals surface area contributed by atoms with Crippen LogP contribution in [0.25, 0.3) is 0 Å². The van der Waals surface area contributed by atoms with Crippen LogP contribution >= 0.6 is 12.2 Å². The normalized spacial score (nSPS) is 16.3. The minimum absolute atomic E-state index is 0.0143. The van der Waals surface area contributed by atoms with E-state index in [1.807, 2.05) is 0 Å². The van der Waals surface area contributed by atoms with Crippen LogP contribution in [0.5, 0.6) is 0 Å². The summed E-state index contributed by atoms with van der Waals surface area (Å²) in [6.45, 7) is 5.04. The third-order valence-electron chi connectivity index (χ3n) is 9.83. The number of benzene rings is 3. The van der Waals surface area contributed by atoms with Crippen molar-refractivity contribution >= 4 is 76.2 Å². The van der Waals surface area contributed by atoms with Gasteiger partial charge in [0.05, 0.1) is 35.1 Å². The number of imide groups is 2. The van der Waals surface area contributed by atoms with Crippen LogP contribution < -0.4 is 31.1 Å². The summed E-state index contributed by atoms with van der Waals surface area (Å²) in [5.41, 5.74) is -3.86. The lowest BCUT2D eigenvalue weighted by atomic mass is 10.0. The fraction of sp³-hybridized carbons (Fsp3) is 0.325. The Morgan fingerprint density at radius 2 is 1.73 bits per heavy atom. The summed E-state index contributed by atoms with van der Waals surface area (Å²) in [4.78, 5) is 91.1. The molecule has 2 aliphatic heterocycles. The van der Waals surface area contributed by atoms with Gasteiger partial charge in [-0.25, -0.2) is 4.39 Å². The minimum atomic E-state index is -5.22. The standard InChI is InChI=1S/C40H38F4N8O7S/c1-22-7-6-8-26(31(22)36(58)50(21-53)28-15-16-29(54)49-35(28)57)48-30(55)20-46-17-4-5-18-47-34(56)23-9-12-25(13-10-23)52-38(60)51(37(59)39(52,2)3)27-14-11-24(19-45)32(33(27)41)40(42,43)44/h6-14,21,28,46H,4-5,15-18,20H2,1-3H3,(H,47,56)(H,48,55)(H,49,54,57). The van der Waals surface area contributed by atoms with E-state index in [1.165, 1.54) is 55.1 Å². The minimum Gasteiger partial charge on any atom is -0.352 e. The largest absolute Gasteiger partial charge is 0.420 e. The van der Waals surface area contributed by atoms with Crippen molar-refractivity contribution in [2.45, 2.75) is 64.2 Å². The van der Waals surface area contributed by atoms with E-state index < -0.39 is 75.8 Å². The second kappa shape index (κ2) is 18.1. The molecule has 0 spiro atoms. The molecule has 15 nitrogen and oxygen atoms in total. The zero-order valence-corrected chi connectivity index (χ0v) is 33.2. The summed E-state index contributed by atoms with van der Waals surface area (Å²) >= 11 is 5.46. The second-order valence-electron chi connectivity index (χ2n) is 14.3. The van der Waals surface area contributed by atoms with Gasteiger partial charge in [-0.15, -0.1) is 0 Å². The Balaban J connectivity index is 1.10. The number of rotatable bonds is 14. The lowest BCUT2D eigenvalue weighted by Crippen LogP contribution is -2.54. The Morgan fingerprint density at radius 3 is 2.37 bits per heavy atom. The Labute approximate surface area is 346 Å². The van der Waals surface area contributed by atoms with Crippen LogP contribution in [0.1, 0.15) is 76.9 Å². The predicted octanol–water partition coefficient (Wildman–Crippen LogP) is 4.08. The van der Waals surface area contributed by atoms with Gasteiger partial charge < -0.3 is 20.9 Å². The molecule has 2 aliphatic rings. The average molecular weight is 851 g/mol. The lowest BCUT2D eigenvalue weighted by molar-refractivity contribution is -0.140. The highest BCUT2D eigenvalue weighted by molar-refractivity contribution is 7.81. The highest BCUT2D eigenvalue weighted by Gasteiger charge is 2.52. The average Bonchev–Trinajstić information content (AvgIpc) is 3.36. The number of carbonyl (C=O) groups is 7. The maximum atomic E-state index is 15.3. The molecule has 0 aromatic heterocycles. The Hall–Kier alpha value is -6.59. The number of nitriles is 1. The van der Waals surface area contributed by atoms with Crippen molar-refractivity contribution in [3.8, 4) is 6.07 Å². The molecule has 4 N–H and O–H groups in total. The molecule has 5 rings (SSSR count). The third kappa shape index (κ3) is 9.16. The highest BCUT2D eigenvalue weighted by atomic mass is 32.1. The molecule has 3 aromatic carbocycles. The molecule has 2 fully saturated rings. The summed E-state index contributed by atoms with van der Waals surface area (Å²) in [6, 6.07) is 12.4. The summed E-state index contributed by atoms with van der Waals surface area (Å²) in [5.74, 6) is -5.64. The monoisotopic (exact) mass is 850 g/mol. The van der Waals surface area contributed by atoms with E-state index in [-0.39, 0.29) is 54.3 Å². The van der Waals surface area contributed by atoms with E-state index in [9.17, 15) is 46.7 Å². The van der Waals surface area contributed by atoms with Crippen molar-refractivity contribution < 1.29 is 51.1 Å². The molecule has 314 valence electrons. The number of amides is 7. The maximum absolute atomic E-state index is 15.3. The Morgan fingerprint density at radius 1 is 1.05 bits per heavy atom. The number of halogens is 4.